The molecule has 0 heterocycles. The highest BCUT2D eigenvalue weighted by molar-refractivity contribution is 6.20. The fraction of sp³-hybridized carbons (Fsp3) is 0.526. The number of benzene rings is 1. The van der Waals surface area contributed by atoms with Gasteiger partial charge in [-0.25, -0.2) is 0 Å². The lowest BCUT2D eigenvalue weighted by Crippen LogP contribution is -2.50. The van der Waals surface area contributed by atoms with Crippen LogP contribution in [0.3, 0.4) is 0 Å². The molecule has 134 valence electrons. The van der Waals surface area contributed by atoms with Crippen molar-refractivity contribution in [2.45, 2.75) is 45.8 Å². The van der Waals surface area contributed by atoms with Gasteiger partial charge in [-0.1, -0.05) is 13.8 Å². The first-order valence-electron chi connectivity index (χ1n) is 8.52. The number of carbonyl (C=O) groups excluding carboxylic acids is 3. The molecule has 2 N–H and O–H groups in total. The summed E-state index contributed by atoms with van der Waals surface area (Å²) >= 11 is 0. The second-order valence-electron chi connectivity index (χ2n) is 7.29. The number of aromatic hydroxyl groups is 2. The zero-order valence-corrected chi connectivity index (χ0v) is 14.5. The molecule has 2 aliphatic rings. The van der Waals surface area contributed by atoms with E-state index < -0.39 is 29.5 Å². The summed E-state index contributed by atoms with van der Waals surface area (Å²) in [7, 11) is 0. The molecule has 6 nitrogen and oxygen atoms in total. The number of Topliss-reactive ketones (excluding diaryl/α,β-unsaturated/α-hetero) is 3. The highest BCUT2D eigenvalue weighted by Gasteiger charge is 2.51. The quantitative estimate of drug-likeness (QED) is 0.816. The standard InChI is InChI=1S/C19H22O6/c1-8(2)9(3)25-14-7-10(20)6-11-15(14)19(24)17-13(22)5-4-12(21)16(17)18(11)23/h4-5,8-9,11,14-15,21-22H,6-7H2,1-3H3/t9-,11+,14-,15-/m0/s1. The monoisotopic (exact) mass is 346 g/mol. The van der Waals surface area contributed by atoms with E-state index in [0.717, 1.165) is 0 Å². The van der Waals surface area contributed by atoms with E-state index in [9.17, 15) is 24.6 Å². The van der Waals surface area contributed by atoms with Crippen molar-refractivity contribution in [3.8, 4) is 11.5 Å². The number of phenols is 2. The van der Waals surface area contributed by atoms with Gasteiger partial charge in [-0.2, -0.15) is 0 Å². The van der Waals surface area contributed by atoms with E-state index in [2.05, 4.69) is 0 Å². The van der Waals surface area contributed by atoms with E-state index in [0.29, 0.717) is 0 Å². The summed E-state index contributed by atoms with van der Waals surface area (Å²) in [4.78, 5) is 38.0. The number of phenolic OH excluding ortho intramolecular Hbond substituents is 2. The van der Waals surface area contributed by atoms with Gasteiger partial charge >= 0.3 is 0 Å². The molecular formula is C19H22O6. The van der Waals surface area contributed by atoms with Crippen molar-refractivity contribution >= 4 is 17.3 Å². The number of carbonyl (C=O) groups is 3. The van der Waals surface area contributed by atoms with Crippen molar-refractivity contribution in [1.29, 1.82) is 0 Å². The summed E-state index contributed by atoms with van der Waals surface area (Å²) in [6.07, 6.45) is -0.847. The molecule has 0 aliphatic heterocycles. The first kappa shape index (κ1) is 17.6. The highest BCUT2D eigenvalue weighted by Crippen LogP contribution is 2.45. The molecule has 25 heavy (non-hydrogen) atoms. The Balaban J connectivity index is 2.07. The number of fused-ring (bicyclic) bond motifs is 2. The molecule has 1 fully saturated rings. The van der Waals surface area contributed by atoms with Crippen LogP contribution < -0.4 is 0 Å². The molecule has 0 bridgehead atoms. The van der Waals surface area contributed by atoms with Crippen molar-refractivity contribution in [3.63, 3.8) is 0 Å². The maximum atomic E-state index is 13.0. The lowest BCUT2D eigenvalue weighted by Gasteiger charge is -2.40. The summed E-state index contributed by atoms with van der Waals surface area (Å²) in [6, 6.07) is 2.37. The molecule has 4 atom stereocenters. The molecule has 2 aliphatic carbocycles. The molecule has 0 spiro atoms. The average Bonchev–Trinajstić information content (AvgIpc) is 2.54. The van der Waals surface area contributed by atoms with Gasteiger partial charge in [0, 0.05) is 18.8 Å². The van der Waals surface area contributed by atoms with Gasteiger partial charge in [0.15, 0.2) is 11.6 Å². The third kappa shape index (κ3) is 2.84. The summed E-state index contributed by atoms with van der Waals surface area (Å²) in [5.41, 5.74) is -0.344. The Morgan fingerprint density at radius 1 is 0.960 bits per heavy atom. The van der Waals surface area contributed by atoms with Gasteiger partial charge in [-0.15, -0.1) is 0 Å². The van der Waals surface area contributed by atoms with Crippen LogP contribution in [0.4, 0.5) is 0 Å². The van der Waals surface area contributed by atoms with Gasteiger partial charge in [0.2, 0.25) is 0 Å². The van der Waals surface area contributed by atoms with Gasteiger partial charge < -0.3 is 14.9 Å². The lowest BCUT2D eigenvalue weighted by molar-refractivity contribution is -0.132. The number of hydrogen-bond acceptors (Lipinski definition) is 6. The van der Waals surface area contributed by atoms with E-state index in [1.54, 1.807) is 0 Å². The third-order valence-corrected chi connectivity index (χ3v) is 5.33. The van der Waals surface area contributed by atoms with Crippen LogP contribution in [0.2, 0.25) is 0 Å². The molecule has 1 aromatic carbocycles. The minimum atomic E-state index is -0.849. The molecule has 0 saturated heterocycles. The number of hydrogen-bond donors (Lipinski definition) is 2. The lowest BCUT2D eigenvalue weighted by atomic mass is 9.65. The Hall–Kier alpha value is -2.21. The molecule has 0 amide bonds. The van der Waals surface area contributed by atoms with Crippen LogP contribution in [-0.2, 0) is 9.53 Å². The highest BCUT2D eigenvalue weighted by atomic mass is 16.5. The van der Waals surface area contributed by atoms with Crippen molar-refractivity contribution in [3.05, 3.63) is 23.3 Å². The van der Waals surface area contributed by atoms with Crippen LogP contribution in [0, 0.1) is 17.8 Å². The normalized spacial score (nSPS) is 27.2. The first-order chi connectivity index (χ1) is 11.7. The second kappa shape index (κ2) is 6.26. The Morgan fingerprint density at radius 3 is 2.08 bits per heavy atom. The summed E-state index contributed by atoms with van der Waals surface area (Å²) in [6.45, 7) is 5.81. The van der Waals surface area contributed by atoms with Gasteiger partial charge in [0.05, 0.1) is 29.3 Å². The van der Waals surface area contributed by atoms with Crippen LogP contribution in [0.1, 0.15) is 54.3 Å². The van der Waals surface area contributed by atoms with E-state index in [1.165, 1.54) is 12.1 Å². The Labute approximate surface area is 145 Å². The van der Waals surface area contributed by atoms with Crippen LogP contribution in [0.5, 0.6) is 11.5 Å². The maximum absolute atomic E-state index is 13.0. The minimum absolute atomic E-state index is 0.0420. The second-order valence-corrected chi connectivity index (χ2v) is 7.29. The van der Waals surface area contributed by atoms with Gasteiger partial charge in [0.1, 0.15) is 17.3 Å². The molecule has 3 rings (SSSR count). The summed E-state index contributed by atoms with van der Waals surface area (Å²) < 4.78 is 5.96. The SMILES string of the molecule is CC(C)[C@H](C)O[C@H]1CC(=O)C[C@H]2C(=O)c3c(O)ccc(O)c3C(=O)[C@H]12. The number of ketones is 3. The summed E-state index contributed by atoms with van der Waals surface area (Å²) in [5, 5.41) is 20.1. The maximum Gasteiger partial charge on any atom is 0.173 e. The van der Waals surface area contributed by atoms with E-state index >= 15 is 0 Å². The minimum Gasteiger partial charge on any atom is -0.507 e. The Bertz CT molecular complexity index is 751. The zero-order valence-electron chi connectivity index (χ0n) is 14.5. The Morgan fingerprint density at radius 2 is 1.52 bits per heavy atom. The predicted octanol–water partition coefficient (Wildman–Crippen LogP) is 2.50. The van der Waals surface area contributed by atoms with Gasteiger partial charge in [-0.05, 0) is 25.0 Å². The molecule has 1 aromatic rings. The van der Waals surface area contributed by atoms with E-state index in [4.69, 9.17) is 4.74 Å². The average molecular weight is 346 g/mol. The molecule has 6 heteroatoms. The van der Waals surface area contributed by atoms with Crippen LogP contribution in [0.15, 0.2) is 12.1 Å². The van der Waals surface area contributed by atoms with Crippen molar-refractivity contribution in [1.82, 2.24) is 0 Å². The largest absolute Gasteiger partial charge is 0.507 e. The first-order valence-corrected chi connectivity index (χ1v) is 8.52. The zero-order chi connectivity index (χ0) is 18.5. The van der Waals surface area contributed by atoms with Gasteiger partial charge in [0.25, 0.3) is 0 Å². The topological polar surface area (TPSA) is 101 Å². The van der Waals surface area contributed by atoms with E-state index in [-0.39, 0.29) is 53.3 Å². The fourth-order valence-electron chi connectivity index (χ4n) is 3.67. The van der Waals surface area contributed by atoms with Crippen LogP contribution in [0.25, 0.3) is 0 Å². The fourth-order valence-corrected chi connectivity index (χ4v) is 3.67. The molecule has 1 saturated carbocycles. The number of rotatable bonds is 3. The van der Waals surface area contributed by atoms with Crippen molar-refractivity contribution in [2.24, 2.45) is 17.8 Å². The molecule has 0 unspecified atom stereocenters. The molecule has 0 radical (unpaired) electrons. The molecular weight excluding hydrogens is 324 g/mol. The summed E-state index contributed by atoms with van der Waals surface area (Å²) in [5.74, 6) is -3.22. The number of ether oxygens (including phenoxy) is 1. The van der Waals surface area contributed by atoms with Crippen LogP contribution in [-0.4, -0.2) is 39.8 Å². The Kier molecular flexibility index (Phi) is 4.41. The van der Waals surface area contributed by atoms with Crippen LogP contribution >= 0.6 is 0 Å². The molecule has 0 aromatic heterocycles. The van der Waals surface area contributed by atoms with Crippen molar-refractivity contribution < 1.29 is 29.3 Å². The van der Waals surface area contributed by atoms with Crippen molar-refractivity contribution in [2.75, 3.05) is 0 Å². The van der Waals surface area contributed by atoms with E-state index in [1.807, 2.05) is 20.8 Å². The smallest absolute Gasteiger partial charge is 0.173 e. The van der Waals surface area contributed by atoms with Gasteiger partial charge in [-0.3, -0.25) is 14.4 Å². The third-order valence-electron chi connectivity index (χ3n) is 5.33. The predicted molar refractivity (Wildman–Crippen MR) is 88.8 cm³/mol.